The highest BCUT2D eigenvalue weighted by Gasteiger charge is 2.29. The van der Waals surface area contributed by atoms with Crippen molar-refractivity contribution >= 4 is 11.8 Å². The summed E-state index contributed by atoms with van der Waals surface area (Å²) in [5.41, 5.74) is 11.3. The molecule has 1 aromatic rings. The quantitative estimate of drug-likeness (QED) is 0.538. The largest absolute Gasteiger partial charge is 0.383 e. The van der Waals surface area contributed by atoms with Gasteiger partial charge in [0.15, 0.2) is 0 Å². The maximum Gasteiger partial charge on any atom is 0.257 e. The molecule has 1 aliphatic carbocycles. The van der Waals surface area contributed by atoms with Crippen LogP contribution in [0.2, 0.25) is 0 Å². The molecule has 0 unspecified atom stereocenters. The third-order valence-corrected chi connectivity index (χ3v) is 1.99. The number of aromatic amines is 1. The molecule has 1 aromatic heterocycles. The van der Waals surface area contributed by atoms with Gasteiger partial charge in [0, 0.05) is 0 Å². The van der Waals surface area contributed by atoms with Crippen molar-refractivity contribution in [2.75, 3.05) is 11.5 Å². The van der Waals surface area contributed by atoms with E-state index in [4.69, 9.17) is 11.5 Å². The minimum absolute atomic E-state index is 0.0851. The van der Waals surface area contributed by atoms with Crippen molar-refractivity contribution in [2.24, 2.45) is 0 Å². The van der Waals surface area contributed by atoms with Crippen LogP contribution >= 0.6 is 0 Å². The first-order chi connectivity index (χ1) is 5.68. The van der Waals surface area contributed by atoms with E-state index in [0.29, 0.717) is 11.5 Å². The average molecular weight is 166 g/mol. The van der Waals surface area contributed by atoms with Crippen LogP contribution in [0.3, 0.4) is 0 Å². The second kappa shape index (κ2) is 2.23. The molecule has 0 amide bonds. The molecule has 0 radical (unpaired) electrons. The highest BCUT2D eigenvalue weighted by Crippen LogP contribution is 2.40. The average Bonchev–Trinajstić information content (AvgIpc) is 2.68. The molecule has 64 valence electrons. The molecule has 1 aliphatic rings. The van der Waals surface area contributed by atoms with Gasteiger partial charge in [0.25, 0.3) is 5.56 Å². The monoisotopic (exact) mass is 166 g/mol. The zero-order valence-electron chi connectivity index (χ0n) is 6.50. The molecule has 1 fully saturated rings. The number of anilines is 2. The Kier molecular flexibility index (Phi) is 1.33. The van der Waals surface area contributed by atoms with Gasteiger partial charge in [-0.3, -0.25) is 9.78 Å². The molecule has 1 heterocycles. The number of hydrogen-bond donors (Lipinski definition) is 3. The number of aromatic nitrogens is 2. The molecule has 0 spiro atoms. The smallest absolute Gasteiger partial charge is 0.257 e. The van der Waals surface area contributed by atoms with Crippen LogP contribution in [0.5, 0.6) is 0 Å². The first-order valence-corrected chi connectivity index (χ1v) is 3.83. The van der Waals surface area contributed by atoms with Gasteiger partial charge >= 0.3 is 0 Å². The highest BCUT2D eigenvalue weighted by molar-refractivity contribution is 5.45. The number of nitrogen functional groups attached to an aromatic ring is 2. The first kappa shape index (κ1) is 7.15. The highest BCUT2D eigenvalue weighted by atomic mass is 16.1. The number of nitrogens with one attached hydrogen (secondary N) is 1. The van der Waals surface area contributed by atoms with E-state index < -0.39 is 0 Å². The summed E-state index contributed by atoms with van der Waals surface area (Å²) in [6.45, 7) is 0. The van der Waals surface area contributed by atoms with Crippen molar-refractivity contribution in [3.05, 3.63) is 15.9 Å². The van der Waals surface area contributed by atoms with E-state index in [1.54, 1.807) is 0 Å². The molecule has 0 aromatic carbocycles. The summed E-state index contributed by atoms with van der Waals surface area (Å²) < 4.78 is 0. The predicted octanol–water partition coefficient (Wildman–Crippen LogP) is -0.188. The summed E-state index contributed by atoms with van der Waals surface area (Å²) in [6, 6.07) is 0. The number of rotatable bonds is 1. The molecule has 5 N–H and O–H groups in total. The fourth-order valence-corrected chi connectivity index (χ4v) is 1.28. The van der Waals surface area contributed by atoms with E-state index in [9.17, 15) is 4.79 Å². The lowest BCUT2D eigenvalue weighted by Gasteiger charge is -2.01. The minimum atomic E-state index is -0.192. The Morgan fingerprint density at radius 1 is 1.42 bits per heavy atom. The molecule has 0 bridgehead atoms. The Bertz CT molecular complexity index is 366. The Balaban J connectivity index is 2.59. The van der Waals surface area contributed by atoms with Gasteiger partial charge in [0.2, 0.25) is 5.95 Å². The second-order valence-electron chi connectivity index (χ2n) is 3.02. The Morgan fingerprint density at radius 2 is 2.08 bits per heavy atom. The summed E-state index contributed by atoms with van der Waals surface area (Å²) in [5.74, 6) is 0.669. The minimum Gasteiger partial charge on any atom is -0.383 e. The van der Waals surface area contributed by atoms with Crippen LogP contribution in [-0.2, 0) is 0 Å². The van der Waals surface area contributed by atoms with Crippen LogP contribution in [-0.4, -0.2) is 9.97 Å². The van der Waals surface area contributed by atoms with E-state index in [1.165, 1.54) is 0 Å². The van der Waals surface area contributed by atoms with Gasteiger partial charge in [0.1, 0.15) is 5.82 Å². The van der Waals surface area contributed by atoms with Crippen molar-refractivity contribution in [1.29, 1.82) is 0 Å². The van der Waals surface area contributed by atoms with E-state index in [0.717, 1.165) is 12.8 Å². The van der Waals surface area contributed by atoms with Crippen LogP contribution in [0.25, 0.3) is 0 Å². The van der Waals surface area contributed by atoms with Gasteiger partial charge in [-0.05, 0) is 18.8 Å². The van der Waals surface area contributed by atoms with Crippen molar-refractivity contribution in [3.8, 4) is 0 Å². The fraction of sp³-hybridized carbons (Fsp3) is 0.429. The molecule has 5 heteroatoms. The maximum absolute atomic E-state index is 11.3. The first-order valence-electron chi connectivity index (χ1n) is 3.83. The van der Waals surface area contributed by atoms with Crippen LogP contribution < -0.4 is 17.0 Å². The molecule has 0 atom stereocenters. The number of nitrogens with two attached hydrogens (primary N) is 2. The maximum atomic E-state index is 11.3. The summed E-state index contributed by atoms with van der Waals surface area (Å²) in [4.78, 5) is 17.5. The SMILES string of the molecule is Nc1nc(N)c(C2CC2)c(=O)[nH]1. The molecule has 0 aliphatic heterocycles. The summed E-state index contributed by atoms with van der Waals surface area (Å²) in [7, 11) is 0. The van der Waals surface area contributed by atoms with Crippen LogP contribution in [0, 0.1) is 0 Å². The van der Waals surface area contributed by atoms with Gasteiger partial charge in [-0.2, -0.15) is 4.98 Å². The zero-order valence-corrected chi connectivity index (χ0v) is 6.50. The van der Waals surface area contributed by atoms with Crippen LogP contribution in [0.4, 0.5) is 11.8 Å². The Labute approximate surface area is 68.8 Å². The lowest BCUT2D eigenvalue weighted by molar-refractivity contribution is 1.01. The van der Waals surface area contributed by atoms with Crippen molar-refractivity contribution < 1.29 is 0 Å². The molecule has 2 rings (SSSR count). The number of hydrogen-bond acceptors (Lipinski definition) is 4. The molecule has 5 nitrogen and oxygen atoms in total. The van der Waals surface area contributed by atoms with Gasteiger partial charge in [-0.25, -0.2) is 0 Å². The van der Waals surface area contributed by atoms with Gasteiger partial charge < -0.3 is 11.5 Å². The van der Waals surface area contributed by atoms with Crippen molar-refractivity contribution in [2.45, 2.75) is 18.8 Å². The van der Waals surface area contributed by atoms with Crippen LogP contribution in [0.15, 0.2) is 4.79 Å². The number of nitrogens with zero attached hydrogens (tertiary/aromatic N) is 1. The standard InChI is InChI=1S/C7H10N4O/c8-5-4(3-1-2-3)6(12)11-7(9)10-5/h3H,1-2H2,(H5,8,9,10,11,12). The van der Waals surface area contributed by atoms with Gasteiger partial charge in [-0.15, -0.1) is 0 Å². The summed E-state index contributed by atoms with van der Waals surface area (Å²) in [6.07, 6.45) is 2.05. The van der Waals surface area contributed by atoms with Crippen LogP contribution in [0.1, 0.15) is 24.3 Å². The van der Waals surface area contributed by atoms with Crippen molar-refractivity contribution in [1.82, 2.24) is 9.97 Å². The lowest BCUT2D eigenvalue weighted by Crippen LogP contribution is -2.18. The van der Waals surface area contributed by atoms with E-state index in [1.807, 2.05) is 0 Å². The zero-order chi connectivity index (χ0) is 8.72. The third-order valence-electron chi connectivity index (χ3n) is 1.99. The molecular formula is C7H10N4O. The Morgan fingerprint density at radius 3 is 2.58 bits per heavy atom. The van der Waals surface area contributed by atoms with Crippen molar-refractivity contribution in [3.63, 3.8) is 0 Å². The molecule has 12 heavy (non-hydrogen) atoms. The molecule has 1 saturated carbocycles. The predicted molar refractivity (Wildman–Crippen MR) is 45.7 cm³/mol. The molecule has 0 saturated heterocycles. The van der Waals surface area contributed by atoms with Gasteiger partial charge in [0.05, 0.1) is 5.56 Å². The topological polar surface area (TPSA) is 97.8 Å². The lowest BCUT2D eigenvalue weighted by atomic mass is 10.2. The molecular weight excluding hydrogens is 156 g/mol. The van der Waals surface area contributed by atoms with E-state index in [-0.39, 0.29) is 17.3 Å². The summed E-state index contributed by atoms with van der Waals surface area (Å²) in [5, 5.41) is 0. The second-order valence-corrected chi connectivity index (χ2v) is 3.02. The summed E-state index contributed by atoms with van der Waals surface area (Å²) >= 11 is 0. The van der Waals surface area contributed by atoms with E-state index >= 15 is 0 Å². The third kappa shape index (κ3) is 1.03. The fourth-order valence-electron chi connectivity index (χ4n) is 1.28. The Hall–Kier alpha value is -1.52. The normalized spacial score (nSPS) is 16.3. The van der Waals surface area contributed by atoms with E-state index in [2.05, 4.69) is 9.97 Å². The number of H-pyrrole nitrogens is 1. The van der Waals surface area contributed by atoms with Gasteiger partial charge in [-0.1, -0.05) is 0 Å².